The van der Waals surface area contributed by atoms with Crippen molar-refractivity contribution in [2.24, 2.45) is 0 Å². The topological polar surface area (TPSA) is 55.4 Å². The van der Waals surface area contributed by atoms with Gasteiger partial charge < -0.3 is 4.74 Å². The van der Waals surface area contributed by atoms with E-state index in [4.69, 9.17) is 16.3 Å². The van der Waals surface area contributed by atoms with Gasteiger partial charge in [0.1, 0.15) is 5.75 Å². The molecule has 0 aliphatic heterocycles. The van der Waals surface area contributed by atoms with E-state index in [1.807, 2.05) is 0 Å². The first-order valence-corrected chi connectivity index (χ1v) is 7.72. The number of nitrogens with one attached hydrogen (secondary N) is 1. The molecule has 1 N–H and O–H groups in total. The van der Waals surface area contributed by atoms with E-state index in [9.17, 15) is 8.42 Å². The fraction of sp³-hybridized carbons (Fsp3) is 0.143. The number of aryl methyl sites for hydroxylation is 1. The minimum absolute atomic E-state index is 0.158. The van der Waals surface area contributed by atoms with Crippen molar-refractivity contribution in [2.75, 3.05) is 11.8 Å². The Bertz CT molecular complexity index is 729. The first kappa shape index (κ1) is 14.7. The summed E-state index contributed by atoms with van der Waals surface area (Å²) in [6.07, 6.45) is 0. The normalized spacial score (nSPS) is 11.2. The molecule has 2 aromatic carbocycles. The van der Waals surface area contributed by atoms with Crippen molar-refractivity contribution in [3.8, 4) is 5.75 Å². The van der Waals surface area contributed by atoms with Crippen LogP contribution in [0.4, 0.5) is 5.69 Å². The molecule has 6 heteroatoms. The van der Waals surface area contributed by atoms with Gasteiger partial charge in [-0.15, -0.1) is 0 Å². The van der Waals surface area contributed by atoms with Gasteiger partial charge in [0.15, 0.2) is 0 Å². The Morgan fingerprint density at radius 3 is 2.50 bits per heavy atom. The quantitative estimate of drug-likeness (QED) is 0.940. The van der Waals surface area contributed by atoms with E-state index in [2.05, 4.69) is 4.72 Å². The Morgan fingerprint density at radius 1 is 1.15 bits per heavy atom. The van der Waals surface area contributed by atoms with Crippen molar-refractivity contribution in [1.82, 2.24) is 0 Å². The molecule has 0 bridgehead atoms. The van der Waals surface area contributed by atoms with Gasteiger partial charge in [0.2, 0.25) is 0 Å². The lowest BCUT2D eigenvalue weighted by atomic mass is 10.2. The third-order valence-corrected chi connectivity index (χ3v) is 4.58. The average molecular weight is 312 g/mol. The van der Waals surface area contributed by atoms with E-state index in [-0.39, 0.29) is 4.90 Å². The summed E-state index contributed by atoms with van der Waals surface area (Å²) in [4.78, 5) is 0.158. The zero-order chi connectivity index (χ0) is 14.8. The number of methoxy groups -OCH3 is 1. The molecule has 0 saturated heterocycles. The molecule has 0 aliphatic rings. The molecule has 0 radical (unpaired) electrons. The highest BCUT2D eigenvalue weighted by atomic mass is 35.5. The summed E-state index contributed by atoms with van der Waals surface area (Å²) in [6.45, 7) is 1.75. The summed E-state index contributed by atoms with van der Waals surface area (Å²) in [6, 6.07) is 11.4. The molecule has 0 amide bonds. The van der Waals surface area contributed by atoms with E-state index in [0.29, 0.717) is 22.0 Å². The number of halogens is 1. The van der Waals surface area contributed by atoms with Crippen LogP contribution in [0.3, 0.4) is 0 Å². The highest BCUT2D eigenvalue weighted by Gasteiger charge is 2.16. The van der Waals surface area contributed by atoms with Crippen LogP contribution in [-0.4, -0.2) is 15.5 Å². The average Bonchev–Trinajstić information content (AvgIpc) is 2.42. The minimum Gasteiger partial charge on any atom is -0.495 e. The van der Waals surface area contributed by atoms with E-state index in [1.54, 1.807) is 37.3 Å². The van der Waals surface area contributed by atoms with Gasteiger partial charge in [0.05, 0.1) is 17.7 Å². The smallest absolute Gasteiger partial charge is 0.262 e. The Morgan fingerprint density at radius 2 is 1.85 bits per heavy atom. The molecule has 106 valence electrons. The van der Waals surface area contributed by atoms with Crippen LogP contribution in [0.15, 0.2) is 47.4 Å². The second kappa shape index (κ2) is 5.73. The van der Waals surface area contributed by atoms with Gasteiger partial charge in [-0.3, -0.25) is 4.72 Å². The third-order valence-electron chi connectivity index (χ3n) is 2.79. The predicted molar refractivity (Wildman–Crippen MR) is 80.0 cm³/mol. The van der Waals surface area contributed by atoms with Gasteiger partial charge in [-0.25, -0.2) is 8.42 Å². The molecule has 0 aliphatic carbocycles. The molecule has 2 rings (SSSR count). The zero-order valence-corrected chi connectivity index (χ0v) is 12.6. The van der Waals surface area contributed by atoms with E-state index >= 15 is 0 Å². The van der Waals surface area contributed by atoms with Crippen molar-refractivity contribution in [3.63, 3.8) is 0 Å². The van der Waals surface area contributed by atoms with Crippen LogP contribution >= 0.6 is 11.6 Å². The summed E-state index contributed by atoms with van der Waals surface area (Å²) in [5.74, 6) is 0.460. The molecule has 0 atom stereocenters. The molecule has 0 fully saturated rings. The molecular weight excluding hydrogens is 298 g/mol. The van der Waals surface area contributed by atoms with Crippen LogP contribution in [0.5, 0.6) is 5.75 Å². The predicted octanol–water partition coefficient (Wildman–Crippen LogP) is 3.46. The van der Waals surface area contributed by atoms with Gasteiger partial charge >= 0.3 is 0 Å². The fourth-order valence-electron chi connectivity index (χ4n) is 1.72. The van der Waals surface area contributed by atoms with Crippen LogP contribution in [0.2, 0.25) is 5.02 Å². The Labute approximate surface area is 123 Å². The van der Waals surface area contributed by atoms with Gasteiger partial charge in [-0.1, -0.05) is 23.7 Å². The van der Waals surface area contributed by atoms with Crippen LogP contribution < -0.4 is 9.46 Å². The van der Waals surface area contributed by atoms with Gasteiger partial charge in [-0.2, -0.15) is 0 Å². The van der Waals surface area contributed by atoms with Gasteiger partial charge in [0.25, 0.3) is 10.0 Å². The van der Waals surface area contributed by atoms with E-state index in [1.165, 1.54) is 19.2 Å². The van der Waals surface area contributed by atoms with E-state index in [0.717, 1.165) is 0 Å². The Hall–Kier alpha value is -1.72. The molecule has 4 nitrogen and oxygen atoms in total. The standard InChI is InChI=1S/C14H14ClNO3S/c1-10-9-11(7-8-12(10)15)20(17,18)16-13-5-3-4-6-14(13)19-2/h3-9,16H,1-2H3. The van der Waals surface area contributed by atoms with Crippen molar-refractivity contribution in [1.29, 1.82) is 0 Å². The van der Waals surface area contributed by atoms with Crippen molar-refractivity contribution < 1.29 is 13.2 Å². The first-order valence-electron chi connectivity index (χ1n) is 5.86. The lowest BCUT2D eigenvalue weighted by Crippen LogP contribution is -2.13. The van der Waals surface area contributed by atoms with Crippen LogP contribution in [0.1, 0.15) is 5.56 Å². The molecular formula is C14H14ClNO3S. The third kappa shape index (κ3) is 3.05. The number of rotatable bonds is 4. The Kier molecular flexibility index (Phi) is 4.20. The number of hydrogen-bond acceptors (Lipinski definition) is 3. The second-order valence-corrected chi connectivity index (χ2v) is 6.31. The summed E-state index contributed by atoms with van der Waals surface area (Å²) < 4.78 is 32.3. The molecule has 0 saturated carbocycles. The summed E-state index contributed by atoms with van der Waals surface area (Å²) >= 11 is 5.90. The molecule has 0 heterocycles. The van der Waals surface area contributed by atoms with Crippen molar-refractivity contribution in [2.45, 2.75) is 11.8 Å². The number of benzene rings is 2. The first-order chi connectivity index (χ1) is 9.44. The SMILES string of the molecule is COc1ccccc1NS(=O)(=O)c1ccc(Cl)c(C)c1. The summed E-state index contributed by atoms with van der Waals surface area (Å²) in [5.41, 5.74) is 1.09. The molecule has 2 aromatic rings. The minimum atomic E-state index is -3.67. The summed E-state index contributed by atoms with van der Waals surface area (Å²) in [7, 11) is -2.19. The maximum atomic E-state index is 12.3. The lowest BCUT2D eigenvalue weighted by molar-refractivity contribution is 0.417. The van der Waals surface area contributed by atoms with E-state index < -0.39 is 10.0 Å². The van der Waals surface area contributed by atoms with Crippen molar-refractivity contribution >= 4 is 27.3 Å². The number of para-hydroxylation sites is 2. The molecule has 0 spiro atoms. The number of ether oxygens (including phenoxy) is 1. The van der Waals surface area contributed by atoms with Crippen LogP contribution in [0.25, 0.3) is 0 Å². The maximum absolute atomic E-state index is 12.3. The highest BCUT2D eigenvalue weighted by molar-refractivity contribution is 7.92. The van der Waals surface area contributed by atoms with Crippen molar-refractivity contribution in [3.05, 3.63) is 53.1 Å². The van der Waals surface area contributed by atoms with Gasteiger partial charge in [0, 0.05) is 5.02 Å². The summed E-state index contributed by atoms with van der Waals surface area (Å²) in [5, 5.41) is 0.529. The molecule has 0 unspecified atom stereocenters. The zero-order valence-electron chi connectivity index (χ0n) is 11.1. The largest absolute Gasteiger partial charge is 0.495 e. The van der Waals surface area contributed by atoms with Crippen LogP contribution in [0, 0.1) is 6.92 Å². The van der Waals surface area contributed by atoms with Crippen LogP contribution in [-0.2, 0) is 10.0 Å². The second-order valence-electron chi connectivity index (χ2n) is 4.22. The number of anilines is 1. The number of sulfonamides is 1. The monoisotopic (exact) mass is 311 g/mol. The molecule has 0 aromatic heterocycles. The molecule has 20 heavy (non-hydrogen) atoms. The lowest BCUT2D eigenvalue weighted by Gasteiger charge is -2.12. The Balaban J connectivity index is 2.38. The maximum Gasteiger partial charge on any atom is 0.262 e. The fourth-order valence-corrected chi connectivity index (χ4v) is 2.99. The highest BCUT2D eigenvalue weighted by Crippen LogP contribution is 2.27. The number of hydrogen-bond donors (Lipinski definition) is 1. The van der Waals surface area contributed by atoms with Gasteiger partial charge in [-0.05, 0) is 42.8 Å².